The van der Waals surface area contributed by atoms with Crippen molar-refractivity contribution in [2.24, 2.45) is 0 Å². The summed E-state index contributed by atoms with van der Waals surface area (Å²) in [7, 11) is 0. The molecule has 1 aromatic heterocycles. The van der Waals surface area contributed by atoms with Gasteiger partial charge in [0.25, 0.3) is 0 Å². The fraction of sp³-hybridized carbons (Fsp3) is 0.182. The lowest BCUT2D eigenvalue weighted by atomic mass is 10.3. The molecule has 0 bridgehead atoms. The number of imidazole rings is 1. The van der Waals surface area contributed by atoms with Crippen molar-refractivity contribution >= 4 is 28.3 Å². The second-order valence-corrected chi connectivity index (χ2v) is 4.02. The molecule has 1 heterocycles. The molecule has 0 N–H and O–H groups in total. The van der Waals surface area contributed by atoms with E-state index >= 15 is 0 Å². The Kier molecular flexibility index (Phi) is 5.35. The highest BCUT2D eigenvalue weighted by Gasteiger charge is 1.94. The first-order valence-corrected chi connectivity index (χ1v) is 5.48. The van der Waals surface area contributed by atoms with E-state index in [9.17, 15) is 0 Å². The first kappa shape index (κ1) is 13.1. The molecule has 0 spiro atoms. The van der Waals surface area contributed by atoms with Crippen LogP contribution in [0.1, 0.15) is 0 Å². The summed E-state index contributed by atoms with van der Waals surface area (Å²) in [6.07, 6.45) is 5.47. The fourth-order valence-corrected chi connectivity index (χ4v) is 1.62. The van der Waals surface area contributed by atoms with Crippen LogP contribution in [0.2, 0.25) is 0 Å². The molecule has 2 rings (SSSR count). The zero-order chi connectivity index (χ0) is 10.5. The molecule has 0 saturated carbocycles. The largest absolute Gasteiger partial charge is 0.492 e. The Bertz CT molecular complexity index is 420. The molecule has 0 saturated heterocycles. The minimum Gasteiger partial charge on any atom is -0.492 e. The van der Waals surface area contributed by atoms with Crippen LogP contribution in [0.3, 0.4) is 0 Å². The second kappa shape index (κ2) is 6.55. The quantitative estimate of drug-likeness (QED) is 0.867. The van der Waals surface area contributed by atoms with Crippen molar-refractivity contribution < 1.29 is 4.74 Å². The molecular weight excluding hydrogens is 291 g/mol. The van der Waals surface area contributed by atoms with Gasteiger partial charge in [0.2, 0.25) is 0 Å². The Hall–Kier alpha value is -1.00. The summed E-state index contributed by atoms with van der Waals surface area (Å²) in [6, 6.07) is 7.83. The van der Waals surface area contributed by atoms with Crippen LogP contribution in [0.5, 0.6) is 5.75 Å². The van der Waals surface area contributed by atoms with E-state index < -0.39 is 0 Å². The lowest BCUT2D eigenvalue weighted by Gasteiger charge is -2.06. The van der Waals surface area contributed by atoms with Gasteiger partial charge in [-0.25, -0.2) is 4.98 Å². The molecule has 0 aliphatic heterocycles. The maximum Gasteiger partial charge on any atom is 0.120 e. The Morgan fingerprint density at radius 1 is 1.38 bits per heavy atom. The predicted molar refractivity (Wildman–Crippen MR) is 69.1 cm³/mol. The summed E-state index contributed by atoms with van der Waals surface area (Å²) >= 11 is 3.40. The van der Waals surface area contributed by atoms with Crippen molar-refractivity contribution in [3.8, 4) is 5.75 Å². The third-order valence-electron chi connectivity index (χ3n) is 1.97. The van der Waals surface area contributed by atoms with Gasteiger partial charge in [0.05, 0.1) is 12.9 Å². The van der Waals surface area contributed by atoms with Crippen LogP contribution in [0.15, 0.2) is 47.5 Å². The fourth-order valence-electron chi connectivity index (χ4n) is 1.24. The Morgan fingerprint density at radius 3 is 2.94 bits per heavy atom. The molecule has 2 aromatic rings. The van der Waals surface area contributed by atoms with Crippen molar-refractivity contribution in [3.05, 3.63) is 47.5 Å². The maximum absolute atomic E-state index is 5.58. The molecule has 0 aliphatic rings. The first-order valence-electron chi connectivity index (χ1n) is 4.69. The van der Waals surface area contributed by atoms with E-state index in [0.717, 1.165) is 16.8 Å². The highest BCUT2D eigenvalue weighted by atomic mass is 79.9. The molecule has 0 aliphatic carbocycles. The average Bonchev–Trinajstić information content (AvgIpc) is 2.71. The number of hydrogen-bond donors (Lipinski definition) is 0. The molecule has 86 valence electrons. The number of benzene rings is 1. The van der Waals surface area contributed by atoms with Crippen molar-refractivity contribution in [2.75, 3.05) is 6.61 Å². The van der Waals surface area contributed by atoms with Gasteiger partial charge in [0, 0.05) is 16.9 Å². The van der Waals surface area contributed by atoms with Gasteiger partial charge in [0.15, 0.2) is 0 Å². The number of nitrogens with zero attached hydrogens (tertiary/aromatic N) is 2. The lowest BCUT2D eigenvalue weighted by Crippen LogP contribution is -2.06. The minimum atomic E-state index is 0. The van der Waals surface area contributed by atoms with Crippen LogP contribution in [0.25, 0.3) is 0 Å². The Balaban J connectivity index is 0.00000128. The summed E-state index contributed by atoms with van der Waals surface area (Å²) in [5.74, 6) is 0.879. The molecule has 3 nitrogen and oxygen atoms in total. The van der Waals surface area contributed by atoms with Gasteiger partial charge in [-0.05, 0) is 18.2 Å². The summed E-state index contributed by atoms with van der Waals surface area (Å²) < 4.78 is 8.60. The van der Waals surface area contributed by atoms with Crippen LogP contribution < -0.4 is 4.74 Å². The van der Waals surface area contributed by atoms with E-state index in [0.29, 0.717) is 6.61 Å². The van der Waals surface area contributed by atoms with Crippen LogP contribution in [0, 0.1) is 0 Å². The van der Waals surface area contributed by atoms with E-state index in [1.165, 1.54) is 0 Å². The molecular formula is C11H12BrClN2O. The summed E-state index contributed by atoms with van der Waals surface area (Å²) in [6.45, 7) is 1.46. The summed E-state index contributed by atoms with van der Waals surface area (Å²) in [5.41, 5.74) is 0. The Labute approximate surface area is 109 Å². The van der Waals surface area contributed by atoms with Crippen molar-refractivity contribution in [2.45, 2.75) is 6.54 Å². The topological polar surface area (TPSA) is 27.1 Å². The minimum absolute atomic E-state index is 0. The van der Waals surface area contributed by atoms with Crippen molar-refractivity contribution in [3.63, 3.8) is 0 Å². The predicted octanol–water partition coefficient (Wildman–Crippen LogP) is 3.15. The van der Waals surface area contributed by atoms with Gasteiger partial charge in [0.1, 0.15) is 12.4 Å². The van der Waals surface area contributed by atoms with E-state index in [-0.39, 0.29) is 12.4 Å². The molecule has 5 heteroatoms. The van der Waals surface area contributed by atoms with Gasteiger partial charge >= 0.3 is 0 Å². The van der Waals surface area contributed by atoms with Gasteiger partial charge in [-0.1, -0.05) is 22.0 Å². The molecule has 0 radical (unpaired) electrons. The third-order valence-corrected chi connectivity index (χ3v) is 2.47. The molecule has 0 unspecified atom stereocenters. The van der Waals surface area contributed by atoms with E-state index in [2.05, 4.69) is 20.9 Å². The molecule has 0 atom stereocenters. The zero-order valence-electron chi connectivity index (χ0n) is 8.54. The third kappa shape index (κ3) is 3.87. The van der Waals surface area contributed by atoms with Crippen LogP contribution in [0.4, 0.5) is 0 Å². The number of hydrogen-bond acceptors (Lipinski definition) is 2. The monoisotopic (exact) mass is 302 g/mol. The second-order valence-electron chi connectivity index (χ2n) is 3.11. The number of ether oxygens (including phenoxy) is 1. The summed E-state index contributed by atoms with van der Waals surface area (Å²) in [4.78, 5) is 3.96. The SMILES string of the molecule is Brc1cccc(OCCn2ccnc2)c1.Cl. The average molecular weight is 304 g/mol. The van der Waals surface area contributed by atoms with E-state index in [4.69, 9.17) is 4.74 Å². The van der Waals surface area contributed by atoms with E-state index in [1.54, 1.807) is 12.5 Å². The van der Waals surface area contributed by atoms with Crippen LogP contribution >= 0.6 is 28.3 Å². The molecule has 0 amide bonds. The van der Waals surface area contributed by atoms with Gasteiger partial charge in [-0.2, -0.15) is 0 Å². The van der Waals surface area contributed by atoms with Gasteiger partial charge in [-0.15, -0.1) is 12.4 Å². The van der Waals surface area contributed by atoms with Crippen LogP contribution in [-0.4, -0.2) is 16.2 Å². The number of aromatic nitrogens is 2. The van der Waals surface area contributed by atoms with Crippen molar-refractivity contribution in [1.82, 2.24) is 9.55 Å². The highest BCUT2D eigenvalue weighted by molar-refractivity contribution is 9.10. The maximum atomic E-state index is 5.58. The number of halogens is 2. The number of rotatable bonds is 4. The van der Waals surface area contributed by atoms with Gasteiger partial charge < -0.3 is 9.30 Å². The lowest BCUT2D eigenvalue weighted by molar-refractivity contribution is 0.298. The smallest absolute Gasteiger partial charge is 0.120 e. The van der Waals surface area contributed by atoms with Crippen molar-refractivity contribution in [1.29, 1.82) is 0 Å². The highest BCUT2D eigenvalue weighted by Crippen LogP contribution is 2.17. The first-order chi connectivity index (χ1) is 7.34. The molecule has 16 heavy (non-hydrogen) atoms. The van der Waals surface area contributed by atoms with Crippen LogP contribution in [-0.2, 0) is 6.54 Å². The summed E-state index contributed by atoms with van der Waals surface area (Å²) in [5, 5.41) is 0. The molecule has 1 aromatic carbocycles. The zero-order valence-corrected chi connectivity index (χ0v) is 10.9. The standard InChI is InChI=1S/C11H11BrN2O.ClH/c12-10-2-1-3-11(8-10)15-7-6-14-5-4-13-9-14;/h1-5,8-9H,6-7H2;1H. The van der Waals surface area contributed by atoms with Gasteiger partial charge in [-0.3, -0.25) is 0 Å². The Morgan fingerprint density at radius 2 is 2.25 bits per heavy atom. The van der Waals surface area contributed by atoms with E-state index in [1.807, 2.05) is 35.0 Å². The normalized spacial score (nSPS) is 9.56. The molecule has 0 fully saturated rings.